The van der Waals surface area contributed by atoms with Crippen molar-refractivity contribution >= 4 is 21.8 Å². The molecule has 0 atom stereocenters. The van der Waals surface area contributed by atoms with E-state index in [4.69, 9.17) is 0 Å². The fourth-order valence-corrected chi connectivity index (χ4v) is 7.38. The summed E-state index contributed by atoms with van der Waals surface area (Å²) >= 11 is 0. The van der Waals surface area contributed by atoms with Crippen molar-refractivity contribution in [3.63, 3.8) is 0 Å². The zero-order valence-electron chi connectivity index (χ0n) is 21.8. The molecule has 0 amide bonds. The van der Waals surface area contributed by atoms with E-state index in [-0.39, 0.29) is 10.8 Å². The third-order valence-electron chi connectivity index (χ3n) is 9.21. The molecule has 0 saturated heterocycles. The van der Waals surface area contributed by atoms with Crippen molar-refractivity contribution in [1.82, 2.24) is 4.57 Å². The van der Waals surface area contributed by atoms with Crippen molar-refractivity contribution < 1.29 is 0 Å². The van der Waals surface area contributed by atoms with Gasteiger partial charge in [0.25, 0.3) is 0 Å². The monoisotopic (exact) mass is 475 g/mol. The van der Waals surface area contributed by atoms with E-state index < -0.39 is 0 Å². The van der Waals surface area contributed by atoms with Gasteiger partial charge in [0.1, 0.15) is 0 Å². The molecule has 0 spiro atoms. The van der Waals surface area contributed by atoms with Crippen LogP contribution in [0.15, 0.2) is 103 Å². The van der Waals surface area contributed by atoms with Crippen LogP contribution in [0.5, 0.6) is 0 Å². The molecule has 2 aliphatic carbocycles. The molecule has 0 N–H and O–H groups in total. The fourth-order valence-electron chi connectivity index (χ4n) is 7.38. The van der Waals surface area contributed by atoms with Crippen LogP contribution in [0.3, 0.4) is 0 Å². The summed E-state index contributed by atoms with van der Waals surface area (Å²) in [6, 6.07) is 38.6. The van der Waals surface area contributed by atoms with Gasteiger partial charge in [0, 0.05) is 27.3 Å². The number of nitrogens with zero attached hydrogens (tertiary/aromatic N) is 1. The molecule has 5 aromatic carbocycles. The number of fused-ring (bicyclic) bond motifs is 10. The normalized spacial score (nSPS) is 16.0. The number of para-hydroxylation sites is 1. The van der Waals surface area contributed by atoms with E-state index >= 15 is 0 Å². The number of hydrogen-bond donors (Lipinski definition) is 0. The van der Waals surface area contributed by atoms with Crippen LogP contribution >= 0.6 is 0 Å². The van der Waals surface area contributed by atoms with Crippen LogP contribution in [-0.2, 0) is 10.8 Å². The lowest BCUT2D eigenvalue weighted by Crippen LogP contribution is -2.14. The van der Waals surface area contributed by atoms with Crippen LogP contribution in [0.1, 0.15) is 49.9 Å². The molecule has 0 aliphatic heterocycles. The Morgan fingerprint density at radius 1 is 0.486 bits per heavy atom. The van der Waals surface area contributed by atoms with E-state index in [1.807, 2.05) is 0 Å². The zero-order valence-corrected chi connectivity index (χ0v) is 21.8. The molecule has 0 bridgehead atoms. The molecule has 6 aromatic rings. The minimum Gasteiger partial charge on any atom is -0.309 e. The van der Waals surface area contributed by atoms with Gasteiger partial charge in [0.05, 0.1) is 11.0 Å². The summed E-state index contributed by atoms with van der Waals surface area (Å²) in [6.07, 6.45) is 0. The van der Waals surface area contributed by atoms with E-state index in [2.05, 4.69) is 135 Å². The molecule has 1 nitrogen and oxygen atoms in total. The lowest BCUT2D eigenvalue weighted by molar-refractivity contribution is 0.660. The first kappa shape index (κ1) is 21.0. The Morgan fingerprint density at radius 3 is 1.89 bits per heavy atom. The summed E-state index contributed by atoms with van der Waals surface area (Å²) < 4.78 is 2.48. The molecule has 1 heteroatoms. The van der Waals surface area contributed by atoms with Gasteiger partial charge in [-0.1, -0.05) is 107 Å². The topological polar surface area (TPSA) is 4.93 Å². The number of benzene rings is 5. The lowest BCUT2D eigenvalue weighted by atomic mass is 9.82. The lowest BCUT2D eigenvalue weighted by Gasteiger charge is -2.22. The fraction of sp³-hybridized carbons (Fsp3) is 0.167. The molecule has 2 aliphatic rings. The minimum absolute atomic E-state index is 0.00775. The smallest absolute Gasteiger partial charge is 0.0547 e. The Hall–Kier alpha value is -4.10. The molecular formula is C36H29N. The minimum atomic E-state index is -0.00775. The van der Waals surface area contributed by atoms with Crippen LogP contribution < -0.4 is 0 Å². The molecule has 1 aromatic heterocycles. The maximum atomic E-state index is 2.48. The van der Waals surface area contributed by atoms with Crippen LogP contribution in [0, 0.1) is 0 Å². The predicted molar refractivity (Wildman–Crippen MR) is 156 cm³/mol. The summed E-state index contributed by atoms with van der Waals surface area (Å²) in [5.41, 5.74) is 14.9. The standard InChI is InChI=1S/C36H29N/c1-35(2)27-14-8-5-11-23(27)26-21-22(17-18-29(26)35)37-31-16-10-7-13-25(31)34-32(37)20-19-30-33(34)24-12-6-9-15-28(24)36(30,3)4/h5-21H,1-4H3. The Kier molecular flexibility index (Phi) is 3.87. The van der Waals surface area contributed by atoms with Gasteiger partial charge in [0.2, 0.25) is 0 Å². The second-order valence-electron chi connectivity index (χ2n) is 11.8. The van der Waals surface area contributed by atoms with Gasteiger partial charge in [-0.2, -0.15) is 0 Å². The molecular weight excluding hydrogens is 446 g/mol. The molecule has 8 rings (SSSR count). The SMILES string of the molecule is CC1(C)c2ccccc2-c2cc(-n3c4ccccc4c4c5c(ccc43)C(C)(C)c3ccccc3-5)ccc21. The molecule has 37 heavy (non-hydrogen) atoms. The van der Waals surface area contributed by atoms with E-state index in [1.165, 1.54) is 72.0 Å². The van der Waals surface area contributed by atoms with Crippen LogP contribution in [-0.4, -0.2) is 4.57 Å². The second-order valence-corrected chi connectivity index (χ2v) is 11.8. The van der Waals surface area contributed by atoms with Crippen LogP contribution in [0.25, 0.3) is 49.7 Å². The highest BCUT2D eigenvalue weighted by molar-refractivity contribution is 6.17. The Labute approximate surface area is 218 Å². The maximum absolute atomic E-state index is 2.48. The van der Waals surface area contributed by atoms with Crippen LogP contribution in [0.4, 0.5) is 0 Å². The van der Waals surface area contributed by atoms with Gasteiger partial charge in [-0.05, 0) is 68.8 Å². The average Bonchev–Trinajstić information content (AvgIpc) is 3.46. The third-order valence-corrected chi connectivity index (χ3v) is 9.21. The van der Waals surface area contributed by atoms with Gasteiger partial charge < -0.3 is 4.57 Å². The first-order valence-electron chi connectivity index (χ1n) is 13.3. The molecule has 0 saturated carbocycles. The molecule has 0 radical (unpaired) electrons. The predicted octanol–water partition coefficient (Wildman–Crippen LogP) is 9.40. The number of hydrogen-bond acceptors (Lipinski definition) is 0. The van der Waals surface area contributed by atoms with Crippen molar-refractivity contribution in [2.24, 2.45) is 0 Å². The molecule has 0 fully saturated rings. The van der Waals surface area contributed by atoms with Gasteiger partial charge in [-0.3, -0.25) is 0 Å². The Bertz CT molecular complexity index is 1930. The van der Waals surface area contributed by atoms with E-state index in [1.54, 1.807) is 0 Å². The van der Waals surface area contributed by atoms with Crippen molar-refractivity contribution in [3.05, 3.63) is 125 Å². The zero-order chi connectivity index (χ0) is 25.1. The summed E-state index contributed by atoms with van der Waals surface area (Å²) in [5.74, 6) is 0. The molecule has 178 valence electrons. The first-order chi connectivity index (χ1) is 17.9. The second kappa shape index (κ2) is 6.81. The summed E-state index contributed by atoms with van der Waals surface area (Å²) in [4.78, 5) is 0. The van der Waals surface area contributed by atoms with Gasteiger partial charge in [-0.15, -0.1) is 0 Å². The van der Waals surface area contributed by atoms with E-state index in [0.717, 1.165) is 0 Å². The number of aromatic nitrogens is 1. The third kappa shape index (κ3) is 2.50. The van der Waals surface area contributed by atoms with E-state index in [0.29, 0.717) is 0 Å². The Balaban J connectivity index is 1.48. The quantitative estimate of drug-likeness (QED) is 0.223. The maximum Gasteiger partial charge on any atom is 0.0547 e. The van der Waals surface area contributed by atoms with Crippen molar-refractivity contribution in [2.45, 2.75) is 38.5 Å². The van der Waals surface area contributed by atoms with Crippen molar-refractivity contribution in [3.8, 4) is 27.9 Å². The van der Waals surface area contributed by atoms with Crippen molar-refractivity contribution in [1.29, 1.82) is 0 Å². The van der Waals surface area contributed by atoms with Gasteiger partial charge in [-0.25, -0.2) is 0 Å². The van der Waals surface area contributed by atoms with Gasteiger partial charge in [0.15, 0.2) is 0 Å². The summed E-state index contributed by atoms with van der Waals surface area (Å²) in [7, 11) is 0. The Morgan fingerprint density at radius 2 is 1.08 bits per heavy atom. The molecule has 1 heterocycles. The largest absolute Gasteiger partial charge is 0.309 e. The highest BCUT2D eigenvalue weighted by atomic mass is 15.0. The molecule has 0 unspecified atom stereocenters. The highest BCUT2D eigenvalue weighted by Gasteiger charge is 2.38. The van der Waals surface area contributed by atoms with E-state index in [9.17, 15) is 0 Å². The summed E-state index contributed by atoms with van der Waals surface area (Å²) in [5, 5.41) is 2.69. The summed E-state index contributed by atoms with van der Waals surface area (Å²) in [6.45, 7) is 9.42. The number of rotatable bonds is 1. The average molecular weight is 476 g/mol. The highest BCUT2D eigenvalue weighted by Crippen LogP contribution is 2.54. The first-order valence-corrected chi connectivity index (χ1v) is 13.3. The van der Waals surface area contributed by atoms with Crippen molar-refractivity contribution in [2.75, 3.05) is 0 Å². The van der Waals surface area contributed by atoms with Gasteiger partial charge >= 0.3 is 0 Å². The van der Waals surface area contributed by atoms with Crippen LogP contribution in [0.2, 0.25) is 0 Å².